The number of hydrogen-bond acceptors (Lipinski definition) is 4. The fourth-order valence-corrected chi connectivity index (χ4v) is 1.79. The van der Waals surface area contributed by atoms with E-state index >= 15 is 0 Å². The summed E-state index contributed by atoms with van der Waals surface area (Å²) < 4.78 is 5.11. The van der Waals surface area contributed by atoms with Crippen LogP contribution in [0.2, 0.25) is 5.35 Å². The van der Waals surface area contributed by atoms with Crippen molar-refractivity contribution in [2.75, 3.05) is 6.61 Å². The fraction of sp³-hybridized carbons (Fsp3) is 0.333. The highest BCUT2D eigenvalue weighted by Gasteiger charge is 2.12. The van der Waals surface area contributed by atoms with Crippen molar-refractivity contribution in [2.24, 2.45) is 0 Å². The monoisotopic (exact) mass is 268 g/mol. The second kappa shape index (κ2) is 5.37. The number of amides is 1. The third-order valence-corrected chi connectivity index (χ3v) is 2.72. The van der Waals surface area contributed by atoms with Gasteiger partial charge in [-0.15, -0.1) is 0 Å². The highest BCUT2D eigenvalue weighted by Crippen LogP contribution is 2.19. The van der Waals surface area contributed by atoms with Crippen LogP contribution in [-0.2, 0) is 0 Å². The Labute approximate surface area is 109 Å². The summed E-state index contributed by atoms with van der Waals surface area (Å²) in [7, 11) is 0. The smallest absolute Gasteiger partial charge is 0.293 e. The second-order valence-corrected chi connectivity index (χ2v) is 4.36. The van der Waals surface area contributed by atoms with Gasteiger partial charge in [0.15, 0.2) is 5.58 Å². The lowest BCUT2D eigenvalue weighted by molar-refractivity contribution is 0.0934. The van der Waals surface area contributed by atoms with Gasteiger partial charge in [-0.1, -0.05) is 0 Å². The van der Waals surface area contributed by atoms with E-state index in [1.54, 1.807) is 18.2 Å². The number of nitrogens with one attached hydrogen (secondary N) is 1. The quantitative estimate of drug-likeness (QED) is 0.889. The summed E-state index contributed by atoms with van der Waals surface area (Å²) in [5.41, 5.74) is 1.57. The maximum atomic E-state index is 11.9. The molecule has 2 rings (SSSR count). The maximum Gasteiger partial charge on any atom is 0.293 e. The van der Waals surface area contributed by atoms with Gasteiger partial charge in [0.05, 0.1) is 0 Å². The predicted molar refractivity (Wildman–Crippen MR) is 67.7 cm³/mol. The van der Waals surface area contributed by atoms with Crippen molar-refractivity contribution in [1.82, 2.24) is 10.3 Å². The number of aliphatic hydroxyl groups is 1. The number of carbonyl (C=O) groups excluding carboxylic acids is 1. The fourth-order valence-electron chi connectivity index (χ4n) is 1.61. The molecule has 6 heteroatoms. The zero-order valence-electron chi connectivity index (χ0n) is 9.81. The molecule has 0 saturated heterocycles. The van der Waals surface area contributed by atoms with Gasteiger partial charge in [0, 0.05) is 18.2 Å². The van der Waals surface area contributed by atoms with E-state index in [4.69, 9.17) is 21.1 Å². The molecular weight excluding hydrogens is 256 g/mol. The Hall–Kier alpha value is -1.59. The van der Waals surface area contributed by atoms with Crippen LogP contribution in [0.3, 0.4) is 0 Å². The average Bonchev–Trinajstić information content (AvgIpc) is 2.68. The van der Waals surface area contributed by atoms with Crippen molar-refractivity contribution in [3.05, 3.63) is 29.1 Å². The Kier molecular flexibility index (Phi) is 3.84. The predicted octanol–water partition coefficient (Wildman–Crippen LogP) is 1.98. The van der Waals surface area contributed by atoms with Crippen LogP contribution in [-0.4, -0.2) is 28.6 Å². The molecule has 0 saturated carbocycles. The third kappa shape index (κ3) is 2.80. The number of halogens is 1. The van der Waals surface area contributed by atoms with Crippen LogP contribution in [0.5, 0.6) is 0 Å². The summed E-state index contributed by atoms with van der Waals surface area (Å²) in [6.45, 7) is 1.87. The van der Waals surface area contributed by atoms with Gasteiger partial charge in [0.1, 0.15) is 5.52 Å². The van der Waals surface area contributed by atoms with E-state index in [1.807, 2.05) is 6.92 Å². The summed E-state index contributed by atoms with van der Waals surface area (Å²) in [6.07, 6.45) is 0.518. The van der Waals surface area contributed by atoms with Gasteiger partial charge >= 0.3 is 0 Å². The molecule has 2 aromatic rings. The van der Waals surface area contributed by atoms with Crippen molar-refractivity contribution < 1.29 is 14.3 Å². The molecule has 0 fully saturated rings. The lowest BCUT2D eigenvalue weighted by atomic mass is 10.1. The van der Waals surface area contributed by atoms with E-state index in [0.717, 1.165) is 0 Å². The second-order valence-electron chi connectivity index (χ2n) is 4.04. The molecule has 0 aliphatic rings. The first-order valence-electron chi connectivity index (χ1n) is 5.58. The van der Waals surface area contributed by atoms with Crippen molar-refractivity contribution in [1.29, 1.82) is 0 Å². The Bertz CT molecular complexity index is 567. The Morgan fingerprint density at radius 2 is 2.39 bits per heavy atom. The van der Waals surface area contributed by atoms with Gasteiger partial charge in [-0.05, 0) is 43.1 Å². The topological polar surface area (TPSA) is 75.4 Å². The molecular formula is C12H13ClN2O3. The zero-order valence-corrected chi connectivity index (χ0v) is 10.6. The van der Waals surface area contributed by atoms with Crippen LogP contribution in [0.15, 0.2) is 22.6 Å². The molecule has 1 aromatic carbocycles. The molecule has 1 atom stereocenters. The summed E-state index contributed by atoms with van der Waals surface area (Å²) >= 11 is 5.63. The average molecular weight is 269 g/mol. The number of aromatic nitrogens is 1. The van der Waals surface area contributed by atoms with Crippen molar-refractivity contribution in [2.45, 2.75) is 19.4 Å². The van der Waals surface area contributed by atoms with Crippen LogP contribution >= 0.6 is 11.6 Å². The van der Waals surface area contributed by atoms with E-state index in [9.17, 15) is 4.79 Å². The normalized spacial score (nSPS) is 12.6. The number of benzene rings is 1. The summed E-state index contributed by atoms with van der Waals surface area (Å²) in [5, 5.41) is 11.6. The minimum absolute atomic E-state index is 0.0410. The van der Waals surface area contributed by atoms with Gasteiger partial charge < -0.3 is 14.8 Å². The largest absolute Gasteiger partial charge is 0.428 e. The maximum absolute atomic E-state index is 11.9. The van der Waals surface area contributed by atoms with E-state index in [0.29, 0.717) is 23.1 Å². The molecule has 0 unspecified atom stereocenters. The molecule has 1 aromatic heterocycles. The molecule has 1 amide bonds. The lowest BCUT2D eigenvalue weighted by Crippen LogP contribution is -2.33. The van der Waals surface area contributed by atoms with Gasteiger partial charge in [-0.3, -0.25) is 4.79 Å². The molecule has 0 spiro atoms. The van der Waals surface area contributed by atoms with Crippen molar-refractivity contribution in [3.63, 3.8) is 0 Å². The van der Waals surface area contributed by atoms with Gasteiger partial charge in [-0.2, -0.15) is 4.98 Å². The third-order valence-electron chi connectivity index (χ3n) is 2.56. The van der Waals surface area contributed by atoms with Crippen LogP contribution in [0.4, 0.5) is 0 Å². The van der Waals surface area contributed by atoms with Crippen LogP contribution in [0.25, 0.3) is 11.1 Å². The Morgan fingerprint density at radius 3 is 3.11 bits per heavy atom. The zero-order chi connectivity index (χ0) is 13.1. The first-order chi connectivity index (χ1) is 8.60. The van der Waals surface area contributed by atoms with Crippen LogP contribution in [0, 0.1) is 0 Å². The SMILES string of the molecule is C[C@H](CCO)NC(=O)c1ccc2oc(Cl)nc2c1. The minimum Gasteiger partial charge on any atom is -0.428 e. The van der Waals surface area contributed by atoms with E-state index in [1.165, 1.54) is 0 Å². The molecule has 18 heavy (non-hydrogen) atoms. The highest BCUT2D eigenvalue weighted by atomic mass is 35.5. The number of hydrogen-bond donors (Lipinski definition) is 2. The molecule has 5 nitrogen and oxygen atoms in total. The van der Waals surface area contributed by atoms with Gasteiger partial charge in [-0.25, -0.2) is 0 Å². The first-order valence-corrected chi connectivity index (χ1v) is 5.96. The van der Waals surface area contributed by atoms with Crippen molar-refractivity contribution in [3.8, 4) is 0 Å². The number of fused-ring (bicyclic) bond motifs is 1. The number of nitrogens with zero attached hydrogens (tertiary/aromatic N) is 1. The molecule has 0 radical (unpaired) electrons. The van der Waals surface area contributed by atoms with Gasteiger partial charge in [0.2, 0.25) is 0 Å². The summed E-state index contributed by atoms with van der Waals surface area (Å²) in [4.78, 5) is 15.8. The number of carbonyl (C=O) groups is 1. The molecule has 96 valence electrons. The molecule has 0 aliphatic carbocycles. The molecule has 2 N–H and O–H groups in total. The Morgan fingerprint density at radius 1 is 1.61 bits per heavy atom. The molecule has 1 heterocycles. The molecule has 0 aliphatic heterocycles. The molecule has 0 bridgehead atoms. The van der Waals surface area contributed by atoms with Crippen LogP contribution < -0.4 is 5.32 Å². The summed E-state index contributed by atoms with van der Waals surface area (Å²) in [5.74, 6) is -0.211. The lowest BCUT2D eigenvalue weighted by Gasteiger charge is -2.12. The first kappa shape index (κ1) is 12.9. The van der Waals surface area contributed by atoms with E-state index < -0.39 is 0 Å². The van der Waals surface area contributed by atoms with Crippen molar-refractivity contribution >= 4 is 28.6 Å². The van der Waals surface area contributed by atoms with Gasteiger partial charge in [0.25, 0.3) is 11.3 Å². The number of oxazole rings is 1. The van der Waals surface area contributed by atoms with E-state index in [-0.39, 0.29) is 23.9 Å². The Balaban J connectivity index is 2.17. The number of aliphatic hydroxyl groups excluding tert-OH is 1. The van der Waals surface area contributed by atoms with Crippen LogP contribution in [0.1, 0.15) is 23.7 Å². The van der Waals surface area contributed by atoms with E-state index in [2.05, 4.69) is 10.3 Å². The number of rotatable bonds is 4. The minimum atomic E-state index is -0.211. The summed E-state index contributed by atoms with van der Waals surface area (Å²) in [6, 6.07) is 4.83. The highest BCUT2D eigenvalue weighted by molar-refractivity contribution is 6.28. The standard InChI is InChI=1S/C12H13ClN2O3/c1-7(4-5-16)14-11(17)8-2-3-10-9(6-8)15-12(13)18-10/h2-3,6-7,16H,4-5H2,1H3,(H,14,17)/t7-/m1/s1.